The van der Waals surface area contributed by atoms with Gasteiger partial charge in [-0.1, -0.05) is 20.8 Å². The van der Waals surface area contributed by atoms with Crippen LogP contribution < -0.4 is 4.90 Å². The summed E-state index contributed by atoms with van der Waals surface area (Å²) in [6.45, 7) is 9.67. The monoisotopic (exact) mass is 407 g/mol. The molecular weight excluding hydrogens is 381 g/mol. The molecule has 1 heterocycles. The van der Waals surface area contributed by atoms with Gasteiger partial charge in [-0.05, 0) is 102 Å². The lowest BCUT2D eigenvalue weighted by atomic mass is 9.82. The summed E-state index contributed by atoms with van der Waals surface area (Å²) in [5.41, 5.74) is 5.78. The van der Waals surface area contributed by atoms with Crippen molar-refractivity contribution in [2.45, 2.75) is 65.0 Å². The number of anilines is 1. The van der Waals surface area contributed by atoms with E-state index < -0.39 is 0 Å². The van der Waals surface area contributed by atoms with Gasteiger partial charge in [0.2, 0.25) is 0 Å². The summed E-state index contributed by atoms with van der Waals surface area (Å²) in [6, 6.07) is 5.80. The predicted octanol–water partition coefficient (Wildman–Crippen LogP) is 5.18. The first-order valence-electron chi connectivity index (χ1n) is 9.02. The van der Waals surface area contributed by atoms with Crippen molar-refractivity contribution < 1.29 is 0 Å². The molecule has 3 aliphatic carbocycles. The maximum atomic E-state index is 2.92. The summed E-state index contributed by atoms with van der Waals surface area (Å²) in [7, 11) is 0. The zero-order valence-electron chi connectivity index (χ0n) is 14.1. The van der Waals surface area contributed by atoms with Crippen molar-refractivity contribution in [2.75, 3.05) is 4.90 Å². The third kappa shape index (κ3) is 1.39. The lowest BCUT2D eigenvalue weighted by Crippen LogP contribution is -2.45. The van der Waals surface area contributed by atoms with E-state index in [9.17, 15) is 0 Å². The molecule has 4 fully saturated rings. The minimum Gasteiger partial charge on any atom is -0.362 e. The van der Waals surface area contributed by atoms with E-state index in [-0.39, 0.29) is 0 Å². The molecule has 3 saturated carbocycles. The normalized spacial score (nSPS) is 47.2. The summed E-state index contributed by atoms with van der Waals surface area (Å²) in [5, 5.41) is 0. The number of hydrogen-bond acceptors (Lipinski definition) is 1. The number of aryl methyl sites for hydroxylation is 2. The molecule has 1 aliphatic heterocycles. The van der Waals surface area contributed by atoms with E-state index >= 15 is 0 Å². The molecule has 1 aromatic rings. The van der Waals surface area contributed by atoms with E-state index in [0.29, 0.717) is 11.0 Å². The topological polar surface area (TPSA) is 3.24 Å². The quantitative estimate of drug-likeness (QED) is 0.611. The van der Waals surface area contributed by atoms with Crippen LogP contribution in [-0.4, -0.2) is 11.6 Å². The Balaban J connectivity index is 1.62. The minimum atomic E-state index is 0.565. The molecule has 2 heteroatoms. The Morgan fingerprint density at radius 2 is 2.09 bits per heavy atom. The van der Waals surface area contributed by atoms with Crippen molar-refractivity contribution >= 4 is 28.3 Å². The van der Waals surface area contributed by atoms with Crippen LogP contribution in [0.5, 0.6) is 0 Å². The van der Waals surface area contributed by atoms with E-state index in [1.165, 1.54) is 28.4 Å². The maximum absolute atomic E-state index is 2.92. The van der Waals surface area contributed by atoms with Gasteiger partial charge in [-0.2, -0.15) is 0 Å². The molecular formula is C20H26IN. The van der Waals surface area contributed by atoms with Crippen LogP contribution in [-0.2, 0) is 6.42 Å². The molecule has 1 spiro atoms. The Bertz CT molecular complexity index is 683. The molecule has 2 bridgehead atoms. The lowest BCUT2D eigenvalue weighted by molar-refractivity contribution is 0.260. The van der Waals surface area contributed by atoms with Gasteiger partial charge in [0.15, 0.2) is 0 Å². The smallest absolute Gasteiger partial charge is 0.0506 e. The minimum absolute atomic E-state index is 0.565. The first-order chi connectivity index (χ1) is 10.4. The highest BCUT2D eigenvalue weighted by Gasteiger charge is 2.94. The second-order valence-electron chi connectivity index (χ2n) is 8.72. The van der Waals surface area contributed by atoms with E-state index in [0.717, 1.165) is 30.2 Å². The Kier molecular flexibility index (Phi) is 2.59. The molecule has 22 heavy (non-hydrogen) atoms. The van der Waals surface area contributed by atoms with E-state index in [4.69, 9.17) is 0 Å². The predicted molar refractivity (Wildman–Crippen MR) is 100 cm³/mol. The van der Waals surface area contributed by atoms with Crippen LogP contribution in [0.15, 0.2) is 12.1 Å². The number of piperidine rings is 1. The zero-order chi connectivity index (χ0) is 15.4. The molecule has 1 nitrogen and oxygen atoms in total. The summed E-state index contributed by atoms with van der Waals surface area (Å²) >= 11 is 2.53. The first-order valence-corrected chi connectivity index (χ1v) is 10.1. The fraction of sp³-hybridized carbons (Fsp3) is 0.700. The van der Waals surface area contributed by atoms with E-state index in [2.05, 4.69) is 67.3 Å². The standard InChI is InChI=1S/C20H26IN/c1-5-13-8-14(7-12(3)17(13)21)22-15-6-11(2)16(9-15)18-19(4)10-20(18,19)22/h7-8,11,15-16,18H,5-6,9-10H2,1-4H3/t11?,15?,16-,18?,19-,20?/m1/s1. The number of hydrogen-bond donors (Lipinski definition) is 0. The Morgan fingerprint density at radius 1 is 1.32 bits per heavy atom. The molecule has 4 aliphatic rings. The van der Waals surface area contributed by atoms with Crippen LogP contribution >= 0.6 is 22.6 Å². The second kappa shape index (κ2) is 4.04. The van der Waals surface area contributed by atoms with Crippen LogP contribution in [0.25, 0.3) is 0 Å². The van der Waals surface area contributed by atoms with Gasteiger partial charge in [0.25, 0.3) is 0 Å². The Labute approximate surface area is 148 Å². The fourth-order valence-electron chi connectivity index (χ4n) is 6.63. The third-order valence-electron chi connectivity index (χ3n) is 7.73. The molecule has 0 N–H and O–H groups in total. The molecule has 1 aromatic carbocycles. The maximum Gasteiger partial charge on any atom is 0.0506 e. The Hall–Kier alpha value is -0.250. The van der Waals surface area contributed by atoms with Gasteiger partial charge in [0, 0.05) is 15.3 Å². The fourth-order valence-corrected chi connectivity index (χ4v) is 7.32. The molecule has 118 valence electrons. The van der Waals surface area contributed by atoms with Crippen LogP contribution in [0, 0.1) is 33.7 Å². The highest BCUT2D eigenvalue weighted by molar-refractivity contribution is 14.1. The van der Waals surface area contributed by atoms with Gasteiger partial charge >= 0.3 is 0 Å². The first kappa shape index (κ1) is 14.1. The Morgan fingerprint density at radius 3 is 2.77 bits per heavy atom. The highest BCUT2D eigenvalue weighted by atomic mass is 127. The zero-order valence-corrected chi connectivity index (χ0v) is 16.3. The van der Waals surface area contributed by atoms with Crippen molar-refractivity contribution in [1.29, 1.82) is 0 Å². The molecule has 1 saturated heterocycles. The summed E-state index contributed by atoms with van der Waals surface area (Å²) in [4.78, 5) is 2.92. The van der Waals surface area contributed by atoms with Crippen molar-refractivity contribution in [3.05, 3.63) is 26.8 Å². The number of rotatable bonds is 2. The number of benzene rings is 1. The lowest BCUT2D eigenvalue weighted by Gasteiger charge is -2.41. The van der Waals surface area contributed by atoms with Gasteiger partial charge in [0.05, 0.1) is 5.54 Å². The van der Waals surface area contributed by atoms with Crippen molar-refractivity contribution in [1.82, 2.24) is 0 Å². The average Bonchev–Trinajstić information content (AvgIpc) is 3.17. The largest absolute Gasteiger partial charge is 0.362 e. The van der Waals surface area contributed by atoms with Gasteiger partial charge < -0.3 is 4.90 Å². The van der Waals surface area contributed by atoms with Gasteiger partial charge in [-0.3, -0.25) is 0 Å². The van der Waals surface area contributed by atoms with E-state index in [1.54, 1.807) is 11.3 Å². The SMILES string of the molecule is CCc1cc(N2C3CC(C)[C@@H](C3)C3C24C[C@]34C)cc(C)c1I. The molecule has 6 atom stereocenters. The summed E-state index contributed by atoms with van der Waals surface area (Å²) < 4.78 is 1.47. The molecule has 4 unspecified atom stereocenters. The van der Waals surface area contributed by atoms with Crippen LogP contribution in [0.1, 0.15) is 51.2 Å². The highest BCUT2D eigenvalue weighted by Crippen LogP contribution is 2.91. The number of nitrogens with zero attached hydrogens (tertiary/aromatic N) is 1. The van der Waals surface area contributed by atoms with Crippen molar-refractivity contribution in [3.63, 3.8) is 0 Å². The number of fused-ring (bicyclic) bond motifs is 4. The second-order valence-corrected chi connectivity index (χ2v) is 9.80. The average molecular weight is 407 g/mol. The van der Waals surface area contributed by atoms with Crippen LogP contribution in [0.4, 0.5) is 5.69 Å². The van der Waals surface area contributed by atoms with Gasteiger partial charge in [0.1, 0.15) is 0 Å². The molecule has 0 radical (unpaired) electrons. The van der Waals surface area contributed by atoms with Crippen molar-refractivity contribution in [3.8, 4) is 0 Å². The summed E-state index contributed by atoms with van der Waals surface area (Å²) in [6.07, 6.45) is 5.48. The molecule has 0 aromatic heterocycles. The molecule has 5 rings (SSSR count). The molecule has 0 amide bonds. The van der Waals surface area contributed by atoms with E-state index in [1.807, 2.05) is 0 Å². The van der Waals surface area contributed by atoms with Gasteiger partial charge in [-0.15, -0.1) is 0 Å². The third-order valence-corrected chi connectivity index (χ3v) is 9.28. The van der Waals surface area contributed by atoms with Crippen molar-refractivity contribution in [2.24, 2.45) is 23.2 Å². The number of halogens is 1. The van der Waals surface area contributed by atoms with Crippen LogP contribution in [0.2, 0.25) is 0 Å². The summed E-state index contributed by atoms with van der Waals surface area (Å²) in [5.74, 6) is 2.96. The van der Waals surface area contributed by atoms with Gasteiger partial charge in [-0.25, -0.2) is 0 Å². The van der Waals surface area contributed by atoms with Crippen LogP contribution in [0.3, 0.4) is 0 Å².